The molecule has 4 aliphatic rings. The van der Waals surface area contributed by atoms with Crippen molar-refractivity contribution >= 4 is 148 Å². The number of thiocarbonyl (C=S) groups is 1. The number of nitrogens with one attached hydrogen (secondary N) is 2. The number of amides is 1. The number of nitrogens with two attached hydrogens (primary N) is 1. The van der Waals surface area contributed by atoms with Crippen molar-refractivity contribution in [2.24, 2.45) is 0 Å². The summed E-state index contributed by atoms with van der Waals surface area (Å²) in [5.41, 5.74) is 9.50. The number of nitro benzene ring substituents is 2. The van der Waals surface area contributed by atoms with Crippen LogP contribution in [0.25, 0.3) is 40.9 Å². The molecule has 0 aliphatic carbocycles. The second-order valence-electron chi connectivity index (χ2n) is 27.3. The Bertz CT molecular complexity index is 6250. The first-order valence-electron chi connectivity index (χ1n) is 38.7. The van der Waals surface area contributed by atoms with E-state index in [1.165, 1.54) is 93.9 Å². The van der Waals surface area contributed by atoms with E-state index in [1.54, 1.807) is 61.2 Å². The van der Waals surface area contributed by atoms with Gasteiger partial charge in [-0.05, 0) is 94.4 Å². The Labute approximate surface area is 766 Å². The minimum absolute atomic E-state index is 0. The molecular formula is C92H88BrF4N13O13S5. The van der Waals surface area contributed by atoms with Gasteiger partial charge in [-0.3, -0.25) is 64.6 Å². The van der Waals surface area contributed by atoms with Crippen LogP contribution in [-0.4, -0.2) is 192 Å². The zero-order valence-corrected chi connectivity index (χ0v) is 72.1. The van der Waals surface area contributed by atoms with Gasteiger partial charge in [0.05, 0.1) is 167 Å². The number of benzene rings is 5. The number of morpholine rings is 4. The third kappa shape index (κ3) is 28.7. The van der Waals surface area contributed by atoms with Gasteiger partial charge in [0.15, 0.2) is 51.4 Å². The van der Waals surface area contributed by atoms with Crippen LogP contribution in [-0.2, 0) is 30.2 Å². The first-order valence-corrected chi connectivity index (χ1v) is 43.2. The van der Waals surface area contributed by atoms with Gasteiger partial charge in [0.1, 0.15) is 23.0 Å². The maximum absolute atomic E-state index is 14.9. The van der Waals surface area contributed by atoms with Gasteiger partial charge < -0.3 is 54.3 Å². The van der Waals surface area contributed by atoms with Gasteiger partial charge in [-0.2, -0.15) is 0 Å². The van der Waals surface area contributed by atoms with E-state index < -0.39 is 33.1 Å². The van der Waals surface area contributed by atoms with Crippen molar-refractivity contribution in [3.8, 4) is 93.9 Å². The normalized spacial score (nSPS) is 13.7. The Morgan fingerprint density at radius 1 is 0.469 bits per heavy atom. The van der Waals surface area contributed by atoms with E-state index in [0.717, 1.165) is 183 Å². The second kappa shape index (κ2) is 49.2. The Hall–Kier alpha value is -12.2. The monoisotopic (exact) mass is 1900 g/mol. The number of rotatable bonds is 17. The average Bonchev–Trinajstić information content (AvgIpc) is 1.65. The fourth-order valence-electron chi connectivity index (χ4n) is 12.2. The Morgan fingerprint density at radius 2 is 0.812 bits per heavy atom. The lowest BCUT2D eigenvalue weighted by molar-refractivity contribution is -0.385. The average molecular weight is 1900 g/mol. The van der Waals surface area contributed by atoms with E-state index in [2.05, 4.69) is 108 Å². The van der Waals surface area contributed by atoms with Crippen molar-refractivity contribution in [2.75, 3.05) is 142 Å². The van der Waals surface area contributed by atoms with Crippen molar-refractivity contribution in [3.05, 3.63) is 244 Å². The van der Waals surface area contributed by atoms with Gasteiger partial charge in [0.25, 0.3) is 11.4 Å². The standard InChI is InChI=1S/C29H25FN4O3S2.C20H16FN3O4S.C20H18FN3O2S.C13H6BrFN2O3S.C7H11NO.3CH4/c30-23-18-21(32-29(38)33-27(35)17-20-5-2-1-3-6-20)8-9-25(23)37-26-10-11-31-24-19-22(39-28(24)26)7-4-12-34-13-15-36-16-14-34;21-16-12-14(24(25)26)3-4-18(16)28-19-5-6-22-17-13-15(29-20(17)19)2-1-7-23-8-10-27-11-9-23;21-16-12-14(22)3-4-18(16)26-19-5-6-23-17-13-15(27-20(17)19)2-1-7-24-8-10-25-11-9-24;14-12-6-9-13(21-12)11(3-4-16-9)20-10-2-1-7(17(18)19)5-8(10)15;1-2-3-8-4-6-9-7-5-8;;;/h1-3,5-6,8-11,18-19H,12-17H2,(H2,32,33,35,38);3-6,12-13H,7-11H2;3-6,12-13H,7-11,22H2;1-6H;1H,3-7H2;3*1H4. The smallest absolute Gasteiger partial charge is 0.272 e. The summed E-state index contributed by atoms with van der Waals surface area (Å²) in [7, 11) is 0. The molecule has 26 nitrogen and oxygen atoms in total. The minimum Gasteiger partial charge on any atom is -0.453 e. The number of thiophene rings is 4. The summed E-state index contributed by atoms with van der Waals surface area (Å²) in [6, 6.07) is 38.9. The molecule has 0 radical (unpaired) electrons. The molecule has 4 aliphatic heterocycles. The number of non-ortho nitro benzene ring substituents is 2. The Kier molecular flexibility index (Phi) is 37.7. The maximum Gasteiger partial charge on any atom is 0.272 e. The van der Waals surface area contributed by atoms with Crippen molar-refractivity contribution in [2.45, 2.75) is 28.7 Å². The van der Waals surface area contributed by atoms with Crippen molar-refractivity contribution in [1.29, 1.82) is 0 Å². The van der Waals surface area contributed by atoms with Gasteiger partial charge in [-0.15, -0.1) is 51.8 Å². The predicted octanol–water partition coefficient (Wildman–Crippen LogP) is 19.0. The van der Waals surface area contributed by atoms with Gasteiger partial charge in [0, 0.05) is 137 Å². The fraction of sp³-hybridized carbons (Fsp3) is 0.261. The molecule has 0 saturated carbocycles. The van der Waals surface area contributed by atoms with Crippen molar-refractivity contribution in [3.63, 3.8) is 0 Å². The number of hydrogen-bond acceptors (Lipinski definition) is 27. The Morgan fingerprint density at radius 3 is 1.17 bits per heavy atom. The zero-order valence-electron chi connectivity index (χ0n) is 66.5. The fourth-order valence-corrected chi connectivity index (χ4v) is 16.8. The molecule has 1 amide bonds. The van der Waals surface area contributed by atoms with Crippen molar-refractivity contribution < 1.29 is 70.1 Å². The summed E-state index contributed by atoms with van der Waals surface area (Å²) in [5, 5.41) is 26.9. The van der Waals surface area contributed by atoms with Crippen LogP contribution in [0.4, 0.5) is 40.3 Å². The van der Waals surface area contributed by atoms with Crippen molar-refractivity contribution in [1.82, 2.24) is 44.9 Å². The summed E-state index contributed by atoms with van der Waals surface area (Å²) in [5.74, 6) is 20.8. The molecule has 12 heterocycles. The van der Waals surface area contributed by atoms with Crippen LogP contribution in [0, 0.1) is 91.4 Å². The number of carbonyl (C=O) groups is 1. The number of pyridine rings is 4. The number of nitrogens with zero attached hydrogens (tertiary/aromatic N) is 10. The zero-order chi connectivity index (χ0) is 87.4. The number of carbonyl (C=O) groups excluding carboxylic acids is 1. The van der Waals surface area contributed by atoms with E-state index in [4.69, 9.17) is 62.3 Å². The van der Waals surface area contributed by atoms with Crippen LogP contribution in [0.3, 0.4) is 0 Å². The molecule has 128 heavy (non-hydrogen) atoms. The molecule has 4 saturated heterocycles. The number of anilines is 2. The molecule has 0 spiro atoms. The molecule has 17 rings (SSSR count). The molecule has 8 aromatic heterocycles. The van der Waals surface area contributed by atoms with Crippen LogP contribution in [0.15, 0.2) is 180 Å². The van der Waals surface area contributed by atoms with Gasteiger partial charge >= 0.3 is 0 Å². The van der Waals surface area contributed by atoms with Crippen LogP contribution < -0.4 is 35.3 Å². The van der Waals surface area contributed by atoms with Gasteiger partial charge in [0.2, 0.25) is 5.91 Å². The number of halogens is 5. The summed E-state index contributed by atoms with van der Waals surface area (Å²) in [6.45, 7) is 16.3. The predicted molar refractivity (Wildman–Crippen MR) is 503 cm³/mol. The molecule has 36 heteroatoms. The molecule has 0 atom stereocenters. The lowest BCUT2D eigenvalue weighted by atomic mass is 10.1. The quantitative estimate of drug-likeness (QED) is 0.0191. The summed E-state index contributed by atoms with van der Waals surface area (Å²) < 4.78 is 105. The van der Waals surface area contributed by atoms with Gasteiger partial charge in [-0.1, -0.05) is 94.1 Å². The molecule has 664 valence electrons. The first-order chi connectivity index (χ1) is 60.8. The second-order valence-corrected chi connectivity index (χ2v) is 33.3. The highest BCUT2D eigenvalue weighted by Gasteiger charge is 2.21. The van der Waals surface area contributed by atoms with E-state index in [9.17, 15) is 42.6 Å². The molecular weight excluding hydrogens is 1810 g/mol. The molecule has 5 aromatic carbocycles. The molecule has 13 aromatic rings. The molecule has 4 fully saturated rings. The lowest BCUT2D eigenvalue weighted by Gasteiger charge is -2.24. The Balaban J connectivity index is 0.000000174. The summed E-state index contributed by atoms with van der Waals surface area (Å²) >= 11 is 14.3. The number of nitro groups is 2. The van der Waals surface area contributed by atoms with E-state index in [1.807, 2.05) is 54.6 Å². The highest BCUT2D eigenvalue weighted by Crippen LogP contribution is 2.42. The number of aromatic nitrogens is 4. The SMILES string of the molecule is C.C.C.C#CCN1CCOCC1.Nc1ccc(Oc2ccnc3cc(C#CCN4CCOCC4)sc23)c(F)c1.O=C(Cc1ccccc1)NC(=S)Nc1ccc(Oc2ccnc3cc(C#CCN4CCOCC4)sc23)c(F)c1.O=[N+]([O-])c1ccc(Oc2ccnc3cc(Br)sc23)c(F)c1.O=[N+]([O-])c1ccc(Oc2ccnc3cc(C#CCN4CCOCC4)sc23)c(F)c1. The molecule has 4 N–H and O–H groups in total. The number of nitrogen functional groups attached to an aromatic ring is 1. The summed E-state index contributed by atoms with van der Waals surface area (Å²) in [6.07, 6.45) is 11.7. The third-order valence-electron chi connectivity index (χ3n) is 18.5. The topological polar surface area (TPSA) is 292 Å². The largest absolute Gasteiger partial charge is 0.453 e. The number of ether oxygens (including phenoxy) is 8. The highest BCUT2D eigenvalue weighted by molar-refractivity contribution is 9.11. The lowest BCUT2D eigenvalue weighted by Crippen LogP contribution is -2.36. The minimum atomic E-state index is -0.800. The summed E-state index contributed by atoms with van der Waals surface area (Å²) in [4.78, 5) is 61.1. The molecule has 0 bridgehead atoms. The number of hydrogen-bond donors (Lipinski definition) is 3. The van der Waals surface area contributed by atoms with E-state index in [0.29, 0.717) is 59.5 Å². The van der Waals surface area contributed by atoms with E-state index >= 15 is 0 Å². The number of fused-ring (bicyclic) bond motifs is 4. The van der Waals surface area contributed by atoms with Crippen LogP contribution in [0.1, 0.15) is 42.5 Å². The van der Waals surface area contributed by atoms with Crippen LogP contribution >= 0.6 is 73.5 Å². The van der Waals surface area contributed by atoms with Crippen LogP contribution in [0.5, 0.6) is 46.0 Å². The van der Waals surface area contributed by atoms with E-state index in [-0.39, 0.29) is 74.1 Å². The van der Waals surface area contributed by atoms with Gasteiger partial charge in [-0.25, -0.2) is 17.6 Å². The first kappa shape index (κ1) is 98.0. The highest BCUT2D eigenvalue weighted by atomic mass is 79.9. The number of terminal acetylenes is 1. The van der Waals surface area contributed by atoms with Crippen LogP contribution in [0.2, 0.25) is 0 Å². The third-order valence-corrected chi connectivity index (χ3v) is 23.5. The molecule has 0 unspecified atom stereocenters. The maximum atomic E-state index is 14.9.